The quantitative estimate of drug-likeness (QED) is 0.573. The number of nitrogen functional groups attached to an aromatic ring is 2. The van der Waals surface area contributed by atoms with Gasteiger partial charge in [0.05, 0.1) is 4.90 Å². The molecule has 0 fully saturated rings. The van der Waals surface area contributed by atoms with Gasteiger partial charge >= 0.3 is 0 Å². The molecule has 0 bridgehead atoms. The van der Waals surface area contributed by atoms with Gasteiger partial charge in [0.25, 0.3) is 10.0 Å². The summed E-state index contributed by atoms with van der Waals surface area (Å²) in [5.74, 6) is -0.0182. The largest absolute Gasteiger partial charge is 0.382 e. The average molecular weight is 339 g/mol. The number of nitrogens with one attached hydrogen (secondary N) is 1. The monoisotopic (exact) mass is 339 g/mol. The van der Waals surface area contributed by atoms with Gasteiger partial charge in [-0.25, -0.2) is 18.4 Å². The smallest absolute Gasteiger partial charge is 0.262 e. The molecule has 1 aromatic carbocycles. The normalized spacial score (nSPS) is 11.4. The molecular formula is C13H17N5O2S2. The minimum atomic E-state index is -3.82. The number of aryl methyl sites for hydroxylation is 2. The summed E-state index contributed by atoms with van der Waals surface area (Å²) in [4.78, 5) is 8.14. The highest BCUT2D eigenvalue weighted by Gasteiger charge is 2.21. The number of sulfonamides is 1. The van der Waals surface area contributed by atoms with Crippen molar-refractivity contribution in [1.29, 1.82) is 0 Å². The highest BCUT2D eigenvalue weighted by molar-refractivity contribution is 7.98. The summed E-state index contributed by atoms with van der Waals surface area (Å²) >= 11 is 1.26. The maximum Gasteiger partial charge on any atom is 0.262 e. The Hall–Kier alpha value is -2.00. The number of nitrogens with two attached hydrogens (primary N) is 2. The molecule has 0 radical (unpaired) electrons. The Morgan fingerprint density at radius 3 is 2.23 bits per heavy atom. The van der Waals surface area contributed by atoms with Gasteiger partial charge in [0.15, 0.2) is 16.8 Å². The number of benzene rings is 1. The Kier molecular flexibility index (Phi) is 4.47. The van der Waals surface area contributed by atoms with Crippen molar-refractivity contribution in [3.63, 3.8) is 0 Å². The number of hydrogen-bond donors (Lipinski definition) is 3. The van der Waals surface area contributed by atoms with E-state index in [0.29, 0.717) is 10.7 Å². The van der Waals surface area contributed by atoms with Crippen LogP contribution in [0.1, 0.15) is 11.1 Å². The zero-order valence-corrected chi connectivity index (χ0v) is 14.0. The Labute approximate surface area is 133 Å². The third-order valence-corrected chi connectivity index (χ3v) is 5.04. The van der Waals surface area contributed by atoms with Gasteiger partial charge in [-0.3, -0.25) is 4.72 Å². The first-order valence-electron chi connectivity index (χ1n) is 6.31. The second-order valence-electron chi connectivity index (χ2n) is 4.73. The molecule has 5 N–H and O–H groups in total. The molecule has 0 aliphatic rings. The van der Waals surface area contributed by atoms with Gasteiger partial charge in [-0.05, 0) is 31.7 Å². The number of rotatable bonds is 4. The van der Waals surface area contributed by atoms with Gasteiger partial charge in [0, 0.05) is 0 Å². The predicted octanol–water partition coefficient (Wildman–Crippen LogP) is 1.78. The van der Waals surface area contributed by atoms with Crippen molar-refractivity contribution in [3.05, 3.63) is 29.3 Å². The molecule has 0 saturated carbocycles. The minimum absolute atomic E-state index is 0.00206. The lowest BCUT2D eigenvalue weighted by Gasteiger charge is -2.14. The first kappa shape index (κ1) is 16.4. The molecule has 0 unspecified atom stereocenters. The van der Waals surface area contributed by atoms with Crippen molar-refractivity contribution in [3.8, 4) is 0 Å². The summed E-state index contributed by atoms with van der Waals surface area (Å²) < 4.78 is 27.4. The van der Waals surface area contributed by atoms with Crippen LogP contribution in [-0.4, -0.2) is 24.6 Å². The van der Waals surface area contributed by atoms with Crippen molar-refractivity contribution in [2.24, 2.45) is 0 Å². The Morgan fingerprint density at radius 1 is 1.14 bits per heavy atom. The number of thioether (sulfide) groups is 1. The van der Waals surface area contributed by atoms with E-state index in [1.54, 1.807) is 25.3 Å². The topological polar surface area (TPSA) is 124 Å². The zero-order valence-electron chi connectivity index (χ0n) is 12.4. The van der Waals surface area contributed by atoms with Crippen LogP contribution >= 0.6 is 11.8 Å². The van der Waals surface area contributed by atoms with Gasteiger partial charge in [0.2, 0.25) is 0 Å². The van der Waals surface area contributed by atoms with Crippen molar-refractivity contribution in [2.75, 3.05) is 22.4 Å². The highest BCUT2D eigenvalue weighted by Crippen LogP contribution is 2.28. The molecular weight excluding hydrogens is 322 g/mol. The standard InChI is InChI=1S/C13H17N5O2S2/c1-7-4-5-9(8(2)6-7)22(19,20)18-10-11(14)16-13(21-3)17-12(10)15/h4-6,18H,1-3H3,(H4,14,15,16,17). The van der Waals surface area contributed by atoms with Crippen molar-refractivity contribution in [2.45, 2.75) is 23.9 Å². The Balaban J connectivity index is 2.45. The van der Waals surface area contributed by atoms with E-state index in [-0.39, 0.29) is 22.2 Å². The van der Waals surface area contributed by atoms with E-state index in [1.807, 2.05) is 6.92 Å². The third-order valence-electron chi connectivity index (χ3n) is 2.98. The molecule has 118 valence electrons. The number of nitrogens with zero attached hydrogens (tertiary/aromatic N) is 2. The molecule has 22 heavy (non-hydrogen) atoms. The van der Waals surface area contributed by atoms with E-state index in [9.17, 15) is 8.42 Å². The van der Waals surface area contributed by atoms with E-state index in [1.165, 1.54) is 17.8 Å². The molecule has 0 aliphatic heterocycles. The second kappa shape index (κ2) is 6.01. The summed E-state index contributed by atoms with van der Waals surface area (Å²) in [7, 11) is -3.82. The van der Waals surface area contributed by atoms with E-state index < -0.39 is 10.0 Å². The third kappa shape index (κ3) is 3.25. The predicted molar refractivity (Wildman–Crippen MR) is 89.4 cm³/mol. The summed E-state index contributed by atoms with van der Waals surface area (Å²) in [6.45, 7) is 3.61. The van der Waals surface area contributed by atoms with E-state index in [0.717, 1.165) is 5.56 Å². The molecule has 1 heterocycles. The minimum Gasteiger partial charge on any atom is -0.382 e. The van der Waals surface area contributed by atoms with Crippen LogP contribution in [0.2, 0.25) is 0 Å². The fourth-order valence-corrected chi connectivity index (χ4v) is 3.66. The molecule has 1 aromatic heterocycles. The summed E-state index contributed by atoms with van der Waals surface area (Å²) in [5.41, 5.74) is 13.2. The lowest BCUT2D eigenvalue weighted by molar-refractivity contribution is 0.600. The van der Waals surface area contributed by atoms with Crippen LogP contribution < -0.4 is 16.2 Å². The van der Waals surface area contributed by atoms with Crippen molar-refractivity contribution >= 4 is 39.1 Å². The van der Waals surface area contributed by atoms with Crippen LogP contribution in [0.15, 0.2) is 28.3 Å². The number of anilines is 3. The van der Waals surface area contributed by atoms with Gasteiger partial charge in [-0.1, -0.05) is 29.5 Å². The van der Waals surface area contributed by atoms with Crippen molar-refractivity contribution in [1.82, 2.24) is 9.97 Å². The van der Waals surface area contributed by atoms with Crippen LogP contribution in [0.4, 0.5) is 17.3 Å². The first-order valence-corrected chi connectivity index (χ1v) is 9.02. The maximum absolute atomic E-state index is 12.5. The Bertz CT molecular complexity index is 798. The summed E-state index contributed by atoms with van der Waals surface area (Å²) in [5, 5.41) is 0.379. The van der Waals surface area contributed by atoms with Gasteiger partial charge in [-0.2, -0.15) is 0 Å². The number of hydrogen-bond acceptors (Lipinski definition) is 7. The van der Waals surface area contributed by atoms with Crippen LogP contribution in [0.5, 0.6) is 0 Å². The molecule has 2 rings (SSSR count). The molecule has 0 aliphatic carbocycles. The van der Waals surface area contributed by atoms with Gasteiger partial charge in [-0.15, -0.1) is 0 Å². The first-order chi connectivity index (χ1) is 10.2. The van der Waals surface area contributed by atoms with Crippen LogP contribution in [0.3, 0.4) is 0 Å². The van der Waals surface area contributed by atoms with Crippen LogP contribution in [0.25, 0.3) is 0 Å². The van der Waals surface area contributed by atoms with Crippen LogP contribution in [0, 0.1) is 13.8 Å². The summed E-state index contributed by atoms with van der Waals surface area (Å²) in [6, 6.07) is 5.05. The van der Waals surface area contributed by atoms with Gasteiger partial charge < -0.3 is 11.5 Å². The molecule has 2 aromatic rings. The fourth-order valence-electron chi connectivity index (χ4n) is 1.96. The molecule has 0 amide bonds. The lowest BCUT2D eigenvalue weighted by Crippen LogP contribution is -2.18. The van der Waals surface area contributed by atoms with Gasteiger partial charge in [0.1, 0.15) is 5.69 Å². The lowest BCUT2D eigenvalue weighted by atomic mass is 10.2. The molecule has 9 heteroatoms. The zero-order chi connectivity index (χ0) is 16.5. The van der Waals surface area contributed by atoms with Crippen LogP contribution in [-0.2, 0) is 10.0 Å². The van der Waals surface area contributed by atoms with E-state index in [4.69, 9.17) is 11.5 Å². The summed E-state index contributed by atoms with van der Waals surface area (Å²) in [6.07, 6.45) is 1.77. The molecule has 7 nitrogen and oxygen atoms in total. The SMILES string of the molecule is CSc1nc(N)c(NS(=O)(=O)c2ccc(C)cc2C)c(N)n1. The van der Waals surface area contributed by atoms with Crippen molar-refractivity contribution < 1.29 is 8.42 Å². The average Bonchev–Trinajstić information content (AvgIpc) is 2.42. The molecule has 0 atom stereocenters. The van der Waals surface area contributed by atoms with E-state index >= 15 is 0 Å². The number of aromatic nitrogens is 2. The molecule has 0 saturated heterocycles. The highest BCUT2D eigenvalue weighted by atomic mass is 32.2. The fraction of sp³-hybridized carbons (Fsp3) is 0.231. The second-order valence-corrected chi connectivity index (χ2v) is 7.15. The maximum atomic E-state index is 12.5. The molecule has 0 spiro atoms. The van der Waals surface area contributed by atoms with E-state index in [2.05, 4.69) is 14.7 Å². The Morgan fingerprint density at radius 2 is 1.73 bits per heavy atom.